The van der Waals surface area contributed by atoms with Gasteiger partial charge in [0.15, 0.2) is 0 Å². The number of ether oxygens (including phenoxy) is 1. The second-order valence-electron chi connectivity index (χ2n) is 7.00. The summed E-state index contributed by atoms with van der Waals surface area (Å²) in [5.41, 5.74) is 6.49. The summed E-state index contributed by atoms with van der Waals surface area (Å²) < 4.78 is 5.53. The van der Waals surface area contributed by atoms with Gasteiger partial charge in [0, 0.05) is 44.9 Å². The molecule has 3 aliphatic rings. The van der Waals surface area contributed by atoms with E-state index in [1.54, 1.807) is 0 Å². The lowest BCUT2D eigenvalue weighted by Gasteiger charge is -2.53. The van der Waals surface area contributed by atoms with Gasteiger partial charge >= 0.3 is 0 Å². The summed E-state index contributed by atoms with van der Waals surface area (Å²) >= 11 is 0. The molecule has 1 saturated carbocycles. The van der Waals surface area contributed by atoms with Crippen LogP contribution in [-0.2, 0) is 4.74 Å². The molecule has 4 heteroatoms. The highest BCUT2D eigenvalue weighted by Crippen LogP contribution is 2.36. The normalized spacial score (nSPS) is 40.5. The number of hydrogen-bond acceptors (Lipinski definition) is 4. The Morgan fingerprint density at radius 2 is 1.90 bits per heavy atom. The molecular formula is C16H31N3O. The molecule has 2 aliphatic heterocycles. The summed E-state index contributed by atoms with van der Waals surface area (Å²) in [5, 5.41) is 0. The summed E-state index contributed by atoms with van der Waals surface area (Å²) in [6.07, 6.45) is 9.45. The van der Waals surface area contributed by atoms with Gasteiger partial charge in [-0.05, 0) is 45.1 Å². The fourth-order valence-corrected chi connectivity index (χ4v) is 4.60. The topological polar surface area (TPSA) is 41.7 Å². The predicted octanol–water partition coefficient (Wildman–Crippen LogP) is 1.44. The molecule has 3 rings (SSSR count). The summed E-state index contributed by atoms with van der Waals surface area (Å²) in [6.45, 7) is 5.84. The van der Waals surface area contributed by atoms with Crippen LogP contribution in [-0.4, -0.2) is 67.3 Å². The standard InChI is InChI=1S/C16H31N3O/c1-20-15-5-7-16(13-17,8-6-15)19-11-10-18-9-3-2-4-14(18)12-19/h14-15H,2-13,17H2,1H3. The van der Waals surface area contributed by atoms with Crippen LogP contribution in [0.4, 0.5) is 0 Å². The van der Waals surface area contributed by atoms with Crippen molar-refractivity contribution in [3.8, 4) is 0 Å². The maximum atomic E-state index is 6.23. The molecule has 0 spiro atoms. The first-order chi connectivity index (χ1) is 9.77. The van der Waals surface area contributed by atoms with Crippen LogP contribution in [0.2, 0.25) is 0 Å². The summed E-state index contributed by atoms with van der Waals surface area (Å²) in [4.78, 5) is 5.45. The molecule has 20 heavy (non-hydrogen) atoms. The third kappa shape index (κ3) is 2.76. The molecule has 0 aromatic carbocycles. The van der Waals surface area contributed by atoms with Gasteiger partial charge in [0.2, 0.25) is 0 Å². The third-order valence-electron chi connectivity index (χ3n) is 6.08. The van der Waals surface area contributed by atoms with E-state index in [1.807, 2.05) is 7.11 Å². The first kappa shape index (κ1) is 14.8. The quantitative estimate of drug-likeness (QED) is 0.850. The minimum absolute atomic E-state index is 0.262. The minimum atomic E-state index is 0.262. The molecule has 2 heterocycles. The average molecular weight is 281 g/mol. The van der Waals surface area contributed by atoms with Crippen LogP contribution in [0.1, 0.15) is 44.9 Å². The maximum Gasteiger partial charge on any atom is 0.0572 e. The van der Waals surface area contributed by atoms with Crippen molar-refractivity contribution < 1.29 is 4.74 Å². The third-order valence-corrected chi connectivity index (χ3v) is 6.08. The van der Waals surface area contributed by atoms with Crippen molar-refractivity contribution in [2.45, 2.75) is 62.6 Å². The van der Waals surface area contributed by atoms with E-state index in [0.717, 1.165) is 12.6 Å². The van der Waals surface area contributed by atoms with E-state index >= 15 is 0 Å². The molecule has 4 nitrogen and oxygen atoms in total. The number of nitrogens with two attached hydrogens (primary N) is 1. The van der Waals surface area contributed by atoms with Crippen molar-refractivity contribution in [2.24, 2.45) is 5.73 Å². The second-order valence-corrected chi connectivity index (χ2v) is 7.00. The van der Waals surface area contributed by atoms with Gasteiger partial charge in [-0.25, -0.2) is 0 Å². The fourth-order valence-electron chi connectivity index (χ4n) is 4.60. The molecule has 0 bridgehead atoms. The van der Waals surface area contributed by atoms with E-state index in [2.05, 4.69) is 9.80 Å². The molecule has 2 saturated heterocycles. The molecule has 0 aromatic rings. The number of rotatable bonds is 3. The lowest BCUT2D eigenvalue weighted by molar-refractivity contribution is -0.0488. The Kier molecular flexibility index (Phi) is 4.65. The van der Waals surface area contributed by atoms with Crippen molar-refractivity contribution in [2.75, 3.05) is 39.8 Å². The van der Waals surface area contributed by atoms with Gasteiger partial charge < -0.3 is 10.5 Å². The lowest BCUT2D eigenvalue weighted by Crippen LogP contribution is -2.64. The highest BCUT2D eigenvalue weighted by Gasteiger charge is 2.42. The number of hydrogen-bond donors (Lipinski definition) is 1. The molecule has 1 aliphatic carbocycles. The zero-order chi connectivity index (χ0) is 14.0. The zero-order valence-corrected chi connectivity index (χ0v) is 13.0. The molecule has 0 radical (unpaired) electrons. The van der Waals surface area contributed by atoms with Crippen molar-refractivity contribution in [1.29, 1.82) is 0 Å². The van der Waals surface area contributed by atoms with E-state index in [1.165, 1.54) is 71.1 Å². The maximum absolute atomic E-state index is 6.23. The van der Waals surface area contributed by atoms with Crippen LogP contribution in [0.25, 0.3) is 0 Å². The Labute approximate surface area is 123 Å². The minimum Gasteiger partial charge on any atom is -0.381 e. The highest BCUT2D eigenvalue weighted by atomic mass is 16.5. The van der Waals surface area contributed by atoms with Crippen molar-refractivity contribution >= 4 is 0 Å². The van der Waals surface area contributed by atoms with Crippen LogP contribution < -0.4 is 5.73 Å². The number of piperidine rings is 1. The van der Waals surface area contributed by atoms with E-state index in [4.69, 9.17) is 10.5 Å². The molecule has 2 N–H and O–H groups in total. The Balaban J connectivity index is 1.64. The summed E-state index contributed by atoms with van der Waals surface area (Å²) in [7, 11) is 1.85. The van der Waals surface area contributed by atoms with Gasteiger partial charge in [0.05, 0.1) is 6.10 Å². The lowest BCUT2D eigenvalue weighted by atomic mass is 9.78. The number of nitrogens with zero attached hydrogens (tertiary/aromatic N) is 2. The van der Waals surface area contributed by atoms with Crippen molar-refractivity contribution in [3.05, 3.63) is 0 Å². The largest absolute Gasteiger partial charge is 0.381 e. The molecule has 116 valence electrons. The first-order valence-corrected chi connectivity index (χ1v) is 8.49. The van der Waals surface area contributed by atoms with Crippen LogP contribution >= 0.6 is 0 Å². The number of piperazine rings is 1. The van der Waals surface area contributed by atoms with Crippen LogP contribution in [0.5, 0.6) is 0 Å². The average Bonchev–Trinajstić information content (AvgIpc) is 2.54. The molecule has 1 atom stereocenters. The van der Waals surface area contributed by atoms with Gasteiger partial charge in [-0.3, -0.25) is 9.80 Å². The Hall–Kier alpha value is -0.160. The van der Waals surface area contributed by atoms with Crippen molar-refractivity contribution in [3.63, 3.8) is 0 Å². The van der Waals surface area contributed by atoms with Gasteiger partial charge in [-0.2, -0.15) is 0 Å². The Morgan fingerprint density at radius 1 is 1.10 bits per heavy atom. The molecule has 1 unspecified atom stereocenters. The van der Waals surface area contributed by atoms with Gasteiger partial charge in [0.1, 0.15) is 0 Å². The zero-order valence-electron chi connectivity index (χ0n) is 13.0. The predicted molar refractivity (Wildman–Crippen MR) is 81.8 cm³/mol. The van der Waals surface area contributed by atoms with Crippen LogP contribution in [0.15, 0.2) is 0 Å². The molecular weight excluding hydrogens is 250 g/mol. The molecule has 0 amide bonds. The second kappa shape index (κ2) is 6.30. The highest BCUT2D eigenvalue weighted by molar-refractivity contribution is 5.00. The van der Waals surface area contributed by atoms with Crippen molar-refractivity contribution in [1.82, 2.24) is 9.80 Å². The summed E-state index contributed by atoms with van der Waals surface area (Å²) in [6, 6.07) is 0.793. The van der Waals surface area contributed by atoms with Gasteiger partial charge in [-0.15, -0.1) is 0 Å². The van der Waals surface area contributed by atoms with Gasteiger partial charge in [-0.1, -0.05) is 6.42 Å². The van der Waals surface area contributed by atoms with Crippen LogP contribution in [0, 0.1) is 0 Å². The van der Waals surface area contributed by atoms with E-state index in [0.29, 0.717) is 6.10 Å². The fraction of sp³-hybridized carbons (Fsp3) is 1.00. The molecule has 3 fully saturated rings. The smallest absolute Gasteiger partial charge is 0.0572 e. The number of fused-ring (bicyclic) bond motifs is 1. The Bertz CT molecular complexity index is 315. The van der Waals surface area contributed by atoms with Gasteiger partial charge in [0.25, 0.3) is 0 Å². The van der Waals surface area contributed by atoms with E-state index in [9.17, 15) is 0 Å². The van der Waals surface area contributed by atoms with E-state index in [-0.39, 0.29) is 5.54 Å². The van der Waals surface area contributed by atoms with Crippen LogP contribution in [0.3, 0.4) is 0 Å². The van der Waals surface area contributed by atoms with E-state index < -0.39 is 0 Å². The summed E-state index contributed by atoms with van der Waals surface area (Å²) in [5.74, 6) is 0. The monoisotopic (exact) mass is 281 g/mol. The SMILES string of the molecule is COC1CCC(CN)(N2CCN3CCCCC3C2)CC1. The first-order valence-electron chi connectivity index (χ1n) is 8.49. The number of methoxy groups -OCH3 is 1. The Morgan fingerprint density at radius 3 is 2.60 bits per heavy atom. The molecule has 0 aromatic heterocycles.